The molecule has 0 aliphatic heterocycles. The molecule has 1 N–H and O–H groups in total. The van der Waals surface area contributed by atoms with Crippen LogP contribution in [0.25, 0.3) is 22.4 Å². The van der Waals surface area contributed by atoms with Gasteiger partial charge in [0.15, 0.2) is 5.82 Å². The van der Waals surface area contributed by atoms with Crippen LogP contribution in [0.15, 0.2) is 28.8 Å². The molecule has 0 unspecified atom stereocenters. The lowest BCUT2D eigenvalue weighted by atomic mass is 10.1. The number of fused-ring (bicyclic) bond motifs is 1. The lowest BCUT2D eigenvalue weighted by Crippen LogP contribution is -2.08. The number of aromatic nitrogens is 3. The van der Waals surface area contributed by atoms with Crippen molar-refractivity contribution in [3.8, 4) is 11.3 Å². The maximum atomic E-state index is 5.55. The largest absolute Gasteiger partial charge is 0.385 e. The summed E-state index contributed by atoms with van der Waals surface area (Å²) in [7, 11) is 1.70. The molecule has 6 heteroatoms. The zero-order chi connectivity index (χ0) is 16.9. The summed E-state index contributed by atoms with van der Waals surface area (Å²) in [5.74, 6) is 1.46. The molecule has 2 aromatic heterocycles. The molecule has 0 aliphatic carbocycles. The van der Waals surface area contributed by atoms with Gasteiger partial charge in [-0.05, 0) is 13.3 Å². The van der Waals surface area contributed by atoms with E-state index in [0.29, 0.717) is 18.0 Å². The lowest BCUT2D eigenvalue weighted by molar-refractivity contribution is 0.197. The van der Waals surface area contributed by atoms with Gasteiger partial charge >= 0.3 is 0 Å². The fourth-order valence-electron chi connectivity index (χ4n) is 2.48. The molecule has 3 rings (SSSR count). The van der Waals surface area contributed by atoms with E-state index >= 15 is 0 Å². The molecule has 0 bridgehead atoms. The number of rotatable bonds is 7. The van der Waals surface area contributed by atoms with Crippen molar-refractivity contribution in [2.75, 3.05) is 25.6 Å². The summed E-state index contributed by atoms with van der Waals surface area (Å²) in [5.41, 5.74) is 4.29. The zero-order valence-electron chi connectivity index (χ0n) is 14.3. The predicted octanol–water partition coefficient (Wildman–Crippen LogP) is 3.60. The Labute approximate surface area is 141 Å². The summed E-state index contributed by atoms with van der Waals surface area (Å²) >= 11 is 0. The second-order valence-corrected chi connectivity index (χ2v) is 5.69. The van der Waals surface area contributed by atoms with Gasteiger partial charge in [0.1, 0.15) is 17.0 Å². The van der Waals surface area contributed by atoms with Crippen molar-refractivity contribution in [2.24, 2.45) is 0 Å². The third-order valence-electron chi connectivity index (χ3n) is 3.82. The minimum Gasteiger partial charge on any atom is -0.385 e. The number of benzene rings is 1. The Bertz CT molecular complexity index is 812. The molecule has 3 aromatic rings. The SMILES string of the molecule is CCc1nc(NCCCOC)c2onc(-c3ccc(C)cc3)c2n1. The van der Waals surface area contributed by atoms with Crippen LogP contribution >= 0.6 is 0 Å². The molecule has 2 heterocycles. The van der Waals surface area contributed by atoms with Crippen molar-refractivity contribution >= 4 is 16.9 Å². The minimum atomic E-state index is 0.597. The Morgan fingerprint density at radius 3 is 2.67 bits per heavy atom. The molecule has 1 aromatic carbocycles. The average molecular weight is 326 g/mol. The smallest absolute Gasteiger partial charge is 0.228 e. The molecular weight excluding hydrogens is 304 g/mol. The fourth-order valence-corrected chi connectivity index (χ4v) is 2.48. The molecule has 6 nitrogen and oxygen atoms in total. The number of hydrogen-bond acceptors (Lipinski definition) is 6. The highest BCUT2D eigenvalue weighted by Gasteiger charge is 2.17. The van der Waals surface area contributed by atoms with E-state index in [1.54, 1.807) is 7.11 Å². The molecule has 0 radical (unpaired) electrons. The van der Waals surface area contributed by atoms with Crippen LogP contribution in [-0.4, -0.2) is 35.4 Å². The van der Waals surface area contributed by atoms with Crippen molar-refractivity contribution in [1.82, 2.24) is 15.1 Å². The third kappa shape index (κ3) is 3.38. The number of hydrogen-bond donors (Lipinski definition) is 1. The summed E-state index contributed by atoms with van der Waals surface area (Å²) in [6.45, 7) is 5.55. The second-order valence-electron chi connectivity index (χ2n) is 5.69. The van der Waals surface area contributed by atoms with Crippen LogP contribution in [0.5, 0.6) is 0 Å². The Balaban J connectivity index is 1.99. The van der Waals surface area contributed by atoms with Gasteiger partial charge in [0.05, 0.1) is 0 Å². The molecule has 0 saturated carbocycles. The van der Waals surface area contributed by atoms with E-state index in [1.807, 2.05) is 19.1 Å². The Kier molecular flexibility index (Phi) is 5.05. The summed E-state index contributed by atoms with van der Waals surface area (Å²) in [4.78, 5) is 9.17. The van der Waals surface area contributed by atoms with Gasteiger partial charge in [-0.25, -0.2) is 9.97 Å². The predicted molar refractivity (Wildman–Crippen MR) is 94.1 cm³/mol. The van der Waals surface area contributed by atoms with E-state index in [0.717, 1.165) is 42.0 Å². The van der Waals surface area contributed by atoms with Gasteiger partial charge in [0, 0.05) is 32.2 Å². The molecule has 0 fully saturated rings. The molecule has 0 saturated heterocycles. The Hall–Kier alpha value is -2.47. The van der Waals surface area contributed by atoms with Crippen LogP contribution in [0.2, 0.25) is 0 Å². The number of methoxy groups -OCH3 is 1. The maximum absolute atomic E-state index is 5.55. The highest BCUT2D eigenvalue weighted by atomic mass is 16.5. The van der Waals surface area contributed by atoms with Gasteiger partial charge in [-0.1, -0.05) is 41.9 Å². The lowest BCUT2D eigenvalue weighted by Gasteiger charge is -2.07. The Morgan fingerprint density at radius 2 is 1.96 bits per heavy atom. The highest BCUT2D eigenvalue weighted by Crippen LogP contribution is 2.30. The molecular formula is C18H22N4O2. The molecule has 0 spiro atoms. The van der Waals surface area contributed by atoms with E-state index in [4.69, 9.17) is 9.26 Å². The van der Waals surface area contributed by atoms with Crippen LogP contribution < -0.4 is 5.32 Å². The molecule has 24 heavy (non-hydrogen) atoms. The van der Waals surface area contributed by atoms with Gasteiger partial charge in [0.2, 0.25) is 5.58 Å². The van der Waals surface area contributed by atoms with Crippen molar-refractivity contribution < 1.29 is 9.26 Å². The van der Waals surface area contributed by atoms with Crippen molar-refractivity contribution in [3.63, 3.8) is 0 Å². The summed E-state index contributed by atoms with van der Waals surface area (Å²) in [6.07, 6.45) is 1.64. The summed E-state index contributed by atoms with van der Waals surface area (Å²) in [6, 6.07) is 8.18. The first kappa shape index (κ1) is 16.4. The zero-order valence-corrected chi connectivity index (χ0v) is 14.3. The van der Waals surface area contributed by atoms with Crippen molar-refractivity contribution in [1.29, 1.82) is 0 Å². The van der Waals surface area contributed by atoms with E-state index in [1.165, 1.54) is 5.56 Å². The normalized spacial score (nSPS) is 11.1. The second kappa shape index (κ2) is 7.40. The van der Waals surface area contributed by atoms with E-state index < -0.39 is 0 Å². The van der Waals surface area contributed by atoms with Crippen molar-refractivity contribution in [3.05, 3.63) is 35.7 Å². The molecule has 0 atom stereocenters. The number of anilines is 1. The van der Waals surface area contributed by atoms with Gasteiger partial charge < -0.3 is 14.6 Å². The molecule has 0 amide bonds. The van der Waals surface area contributed by atoms with E-state index in [9.17, 15) is 0 Å². The van der Waals surface area contributed by atoms with E-state index in [2.05, 4.69) is 39.5 Å². The number of nitrogens with one attached hydrogen (secondary N) is 1. The first-order chi connectivity index (χ1) is 11.7. The fraction of sp³-hybridized carbons (Fsp3) is 0.389. The number of nitrogens with zero attached hydrogens (tertiary/aromatic N) is 3. The molecule has 126 valence electrons. The first-order valence-electron chi connectivity index (χ1n) is 8.19. The van der Waals surface area contributed by atoms with Crippen LogP contribution in [-0.2, 0) is 11.2 Å². The van der Waals surface area contributed by atoms with Crippen LogP contribution in [0.1, 0.15) is 24.7 Å². The van der Waals surface area contributed by atoms with Gasteiger partial charge in [0.25, 0.3) is 0 Å². The monoisotopic (exact) mass is 326 g/mol. The van der Waals surface area contributed by atoms with Gasteiger partial charge in [-0.15, -0.1) is 0 Å². The van der Waals surface area contributed by atoms with E-state index in [-0.39, 0.29) is 0 Å². The maximum Gasteiger partial charge on any atom is 0.228 e. The number of ether oxygens (including phenoxy) is 1. The summed E-state index contributed by atoms with van der Waals surface area (Å²) in [5, 5.41) is 7.54. The van der Waals surface area contributed by atoms with Crippen LogP contribution in [0.3, 0.4) is 0 Å². The standard InChI is InChI=1S/C18H22N4O2/c1-4-14-20-16-15(13-8-6-12(2)7-9-13)22-24-17(16)18(21-14)19-10-5-11-23-3/h6-9H,4-5,10-11H2,1-3H3,(H,19,20,21). The van der Waals surface area contributed by atoms with Crippen molar-refractivity contribution in [2.45, 2.75) is 26.7 Å². The van der Waals surface area contributed by atoms with Gasteiger partial charge in [-0.3, -0.25) is 0 Å². The minimum absolute atomic E-state index is 0.597. The quantitative estimate of drug-likeness (QED) is 0.669. The van der Waals surface area contributed by atoms with Gasteiger partial charge in [-0.2, -0.15) is 0 Å². The van der Waals surface area contributed by atoms with Crippen LogP contribution in [0, 0.1) is 6.92 Å². The first-order valence-corrected chi connectivity index (χ1v) is 8.19. The Morgan fingerprint density at radius 1 is 1.17 bits per heavy atom. The van der Waals surface area contributed by atoms with Crippen LogP contribution in [0.4, 0.5) is 5.82 Å². The highest BCUT2D eigenvalue weighted by molar-refractivity contribution is 5.93. The molecule has 0 aliphatic rings. The summed E-state index contributed by atoms with van der Waals surface area (Å²) < 4.78 is 10.6. The third-order valence-corrected chi connectivity index (χ3v) is 3.82. The number of aryl methyl sites for hydroxylation is 2. The topological polar surface area (TPSA) is 73.1 Å². The average Bonchev–Trinajstić information content (AvgIpc) is 3.03.